The van der Waals surface area contributed by atoms with Crippen molar-refractivity contribution in [1.82, 2.24) is 19.4 Å². The number of β-amino-alcohol motifs (C(OH)–C–C–N with tert-alkyl or cyclic N) is 1. The molecular formula is C21H28F2N6O3S. The molecule has 33 heavy (non-hydrogen) atoms. The van der Waals surface area contributed by atoms with Crippen molar-refractivity contribution in [2.75, 3.05) is 75.3 Å². The first-order valence-corrected chi connectivity index (χ1v) is 12.5. The van der Waals surface area contributed by atoms with Crippen molar-refractivity contribution in [3.05, 3.63) is 47.5 Å². The Bertz CT molecular complexity index is 1020. The zero-order valence-electron chi connectivity index (χ0n) is 18.3. The highest BCUT2D eigenvalue weighted by Gasteiger charge is 2.28. The first-order chi connectivity index (χ1) is 15.8. The van der Waals surface area contributed by atoms with Crippen LogP contribution in [0.4, 0.5) is 20.4 Å². The minimum absolute atomic E-state index is 0.0913. The van der Waals surface area contributed by atoms with E-state index in [4.69, 9.17) is 5.11 Å². The molecule has 2 saturated heterocycles. The van der Waals surface area contributed by atoms with Crippen molar-refractivity contribution < 1.29 is 22.3 Å². The lowest BCUT2D eigenvalue weighted by atomic mass is 10.2. The molecule has 1 aromatic carbocycles. The van der Waals surface area contributed by atoms with Gasteiger partial charge in [0, 0.05) is 65.0 Å². The number of hydrogen-bond donors (Lipinski definition) is 1. The molecule has 0 amide bonds. The molecule has 9 nitrogen and oxygen atoms in total. The summed E-state index contributed by atoms with van der Waals surface area (Å²) in [6.45, 7) is 5.62. The Hall–Kier alpha value is -2.41. The average Bonchev–Trinajstić information content (AvgIpc) is 2.79. The number of sulfonamides is 1. The van der Waals surface area contributed by atoms with Gasteiger partial charge in [0.2, 0.25) is 10.0 Å². The van der Waals surface area contributed by atoms with Gasteiger partial charge in [0.05, 0.1) is 12.4 Å². The smallest absolute Gasteiger partial charge is 0.218 e. The number of aliphatic hydroxyl groups is 1. The molecule has 0 saturated carbocycles. The van der Waals surface area contributed by atoms with Crippen molar-refractivity contribution >= 4 is 21.7 Å². The lowest BCUT2D eigenvalue weighted by Crippen LogP contribution is -2.49. The lowest BCUT2D eigenvalue weighted by Gasteiger charge is -2.36. The van der Waals surface area contributed by atoms with Gasteiger partial charge in [-0.1, -0.05) is 0 Å². The van der Waals surface area contributed by atoms with Crippen LogP contribution in [0.2, 0.25) is 0 Å². The van der Waals surface area contributed by atoms with Crippen molar-refractivity contribution in [2.24, 2.45) is 0 Å². The van der Waals surface area contributed by atoms with E-state index in [1.807, 2.05) is 17.0 Å². The molecule has 4 rings (SSSR count). The highest BCUT2D eigenvalue weighted by Crippen LogP contribution is 2.20. The van der Waals surface area contributed by atoms with E-state index in [1.54, 1.807) is 0 Å². The average molecular weight is 483 g/mol. The summed E-state index contributed by atoms with van der Waals surface area (Å²) in [5.74, 6) is -0.548. The number of benzene rings is 1. The van der Waals surface area contributed by atoms with Crippen LogP contribution in [-0.4, -0.2) is 98.4 Å². The maximum absolute atomic E-state index is 13.4. The van der Waals surface area contributed by atoms with Gasteiger partial charge in [0.25, 0.3) is 0 Å². The number of hydrogen-bond acceptors (Lipinski definition) is 8. The van der Waals surface area contributed by atoms with E-state index < -0.39 is 27.4 Å². The lowest BCUT2D eigenvalue weighted by molar-refractivity contribution is 0.188. The van der Waals surface area contributed by atoms with E-state index in [2.05, 4.69) is 20.0 Å². The summed E-state index contributed by atoms with van der Waals surface area (Å²) in [7, 11) is -3.69. The van der Waals surface area contributed by atoms with Gasteiger partial charge in [-0.15, -0.1) is 10.2 Å². The van der Waals surface area contributed by atoms with E-state index >= 15 is 0 Å². The van der Waals surface area contributed by atoms with Crippen LogP contribution in [0, 0.1) is 11.6 Å². The summed E-state index contributed by atoms with van der Waals surface area (Å²) in [5, 5.41) is 17.7. The molecular weight excluding hydrogens is 454 g/mol. The summed E-state index contributed by atoms with van der Waals surface area (Å²) in [5.41, 5.74) is 0.0913. The fourth-order valence-electron chi connectivity index (χ4n) is 4.19. The first-order valence-electron chi connectivity index (χ1n) is 10.9. The first kappa shape index (κ1) is 23.7. The largest absolute Gasteiger partial charge is 0.395 e. The number of nitrogens with zero attached hydrogens (tertiary/aromatic N) is 6. The fraction of sp³-hybridized carbons (Fsp3) is 0.524. The monoisotopic (exact) mass is 482 g/mol. The van der Waals surface area contributed by atoms with E-state index in [0.29, 0.717) is 25.5 Å². The van der Waals surface area contributed by atoms with Gasteiger partial charge in [-0.2, -0.15) is 4.31 Å². The number of halogens is 2. The molecule has 1 aromatic heterocycles. The molecule has 2 aromatic rings. The molecule has 2 aliphatic heterocycles. The van der Waals surface area contributed by atoms with Gasteiger partial charge in [-0.25, -0.2) is 17.2 Å². The number of aliphatic hydroxyl groups excluding tert-OH is 1. The van der Waals surface area contributed by atoms with Gasteiger partial charge in [-0.3, -0.25) is 4.90 Å². The van der Waals surface area contributed by atoms with Crippen LogP contribution in [0.5, 0.6) is 0 Å². The second kappa shape index (κ2) is 10.2. The summed E-state index contributed by atoms with van der Waals surface area (Å²) < 4.78 is 53.6. The van der Waals surface area contributed by atoms with Gasteiger partial charge < -0.3 is 14.9 Å². The minimum Gasteiger partial charge on any atom is -0.395 e. The van der Waals surface area contributed by atoms with Crippen molar-refractivity contribution in [3.8, 4) is 0 Å². The molecule has 2 fully saturated rings. The standard InChI is InChI=1S/C21H28F2N6O3S/c22-18-13-17(14-19(23)15-18)16-33(31,32)29-9-7-28(8-10-29)21-2-1-20(24-25-21)27-5-3-26(4-6-27)11-12-30/h1-2,13-15,30H,3-12,16H2. The third-order valence-corrected chi connectivity index (χ3v) is 7.83. The second-order valence-corrected chi connectivity index (χ2v) is 10.2. The van der Waals surface area contributed by atoms with Crippen LogP contribution in [0.1, 0.15) is 5.56 Å². The third-order valence-electron chi connectivity index (χ3n) is 5.98. The highest BCUT2D eigenvalue weighted by molar-refractivity contribution is 7.88. The fourth-order valence-corrected chi connectivity index (χ4v) is 5.68. The van der Waals surface area contributed by atoms with Crippen LogP contribution < -0.4 is 9.80 Å². The van der Waals surface area contributed by atoms with Gasteiger partial charge >= 0.3 is 0 Å². The summed E-state index contributed by atoms with van der Waals surface area (Å²) in [4.78, 5) is 6.34. The summed E-state index contributed by atoms with van der Waals surface area (Å²) in [6.07, 6.45) is 0. The predicted molar refractivity (Wildman–Crippen MR) is 121 cm³/mol. The Morgan fingerprint density at radius 2 is 1.33 bits per heavy atom. The zero-order chi connectivity index (χ0) is 23.4. The topological polar surface area (TPSA) is 93.1 Å². The molecule has 0 atom stereocenters. The Morgan fingerprint density at radius 3 is 1.82 bits per heavy atom. The zero-order valence-corrected chi connectivity index (χ0v) is 19.1. The second-order valence-electron chi connectivity index (χ2n) is 8.22. The third kappa shape index (κ3) is 5.94. The number of rotatable bonds is 7. The van der Waals surface area contributed by atoms with Crippen molar-refractivity contribution in [3.63, 3.8) is 0 Å². The Labute approximate surface area is 192 Å². The molecule has 0 spiro atoms. The molecule has 0 aliphatic carbocycles. The SMILES string of the molecule is O=S(=O)(Cc1cc(F)cc(F)c1)N1CCN(c2ccc(N3CCN(CCO)CC3)nn2)CC1. The maximum atomic E-state index is 13.4. The van der Waals surface area contributed by atoms with E-state index in [9.17, 15) is 17.2 Å². The quantitative estimate of drug-likeness (QED) is 0.611. The Morgan fingerprint density at radius 1 is 0.818 bits per heavy atom. The number of anilines is 2. The number of piperazine rings is 2. The molecule has 12 heteroatoms. The molecule has 3 heterocycles. The minimum atomic E-state index is -3.69. The predicted octanol–water partition coefficient (Wildman–Crippen LogP) is 0.521. The summed E-state index contributed by atoms with van der Waals surface area (Å²) in [6, 6.07) is 6.62. The van der Waals surface area contributed by atoms with Crippen molar-refractivity contribution in [1.29, 1.82) is 0 Å². The Balaban J connectivity index is 1.31. The maximum Gasteiger partial charge on any atom is 0.218 e. The van der Waals surface area contributed by atoms with Crippen LogP contribution in [0.15, 0.2) is 30.3 Å². The molecule has 0 radical (unpaired) electrons. The van der Waals surface area contributed by atoms with Gasteiger partial charge in [0.15, 0.2) is 11.6 Å². The molecule has 180 valence electrons. The molecule has 1 N–H and O–H groups in total. The van der Waals surface area contributed by atoms with E-state index in [-0.39, 0.29) is 25.3 Å². The van der Waals surface area contributed by atoms with Gasteiger partial charge in [-0.05, 0) is 29.8 Å². The molecule has 2 aliphatic rings. The molecule has 0 unspecified atom stereocenters. The van der Waals surface area contributed by atoms with E-state index in [1.165, 1.54) is 4.31 Å². The van der Waals surface area contributed by atoms with Crippen LogP contribution in [-0.2, 0) is 15.8 Å². The van der Waals surface area contributed by atoms with Crippen LogP contribution in [0.25, 0.3) is 0 Å². The van der Waals surface area contributed by atoms with Crippen LogP contribution in [0.3, 0.4) is 0 Å². The Kier molecular flexibility index (Phi) is 7.37. The normalized spacial score (nSPS) is 18.6. The molecule has 0 bridgehead atoms. The number of aromatic nitrogens is 2. The van der Waals surface area contributed by atoms with E-state index in [0.717, 1.165) is 50.2 Å². The van der Waals surface area contributed by atoms with Gasteiger partial charge in [0.1, 0.15) is 11.6 Å². The van der Waals surface area contributed by atoms with Crippen molar-refractivity contribution in [2.45, 2.75) is 5.75 Å². The van der Waals surface area contributed by atoms with Crippen LogP contribution >= 0.6 is 0 Å². The summed E-state index contributed by atoms with van der Waals surface area (Å²) >= 11 is 0. The highest BCUT2D eigenvalue weighted by atomic mass is 32.2.